The van der Waals surface area contributed by atoms with Gasteiger partial charge in [0.25, 0.3) is 5.22 Å². The molecule has 1 aromatic carbocycles. The fraction of sp³-hybridized carbons (Fsp3) is 0.467. The van der Waals surface area contributed by atoms with Gasteiger partial charge in [0.2, 0.25) is 15.9 Å². The standard InChI is InChI=1S/C15H21N3O4S2/c1-4-18(5-2)24(20,21)12-6-7-14-13(10-12)17-15(22-14)23-9-8-16-11(3)19/h6-7,10H,4-5,8-9H2,1-3H3,(H,16,19). The van der Waals surface area contributed by atoms with Crippen molar-refractivity contribution in [1.29, 1.82) is 0 Å². The Bertz CT molecular complexity index is 813. The number of oxazole rings is 1. The maximum absolute atomic E-state index is 12.5. The molecule has 0 saturated carbocycles. The minimum absolute atomic E-state index is 0.0839. The van der Waals surface area contributed by atoms with E-state index in [-0.39, 0.29) is 10.8 Å². The van der Waals surface area contributed by atoms with Gasteiger partial charge in [-0.3, -0.25) is 4.79 Å². The highest BCUT2D eigenvalue weighted by Crippen LogP contribution is 2.26. The van der Waals surface area contributed by atoms with Crippen LogP contribution in [0.2, 0.25) is 0 Å². The van der Waals surface area contributed by atoms with Gasteiger partial charge in [-0.05, 0) is 18.2 Å². The maximum atomic E-state index is 12.5. The van der Waals surface area contributed by atoms with Gasteiger partial charge in [0.05, 0.1) is 4.90 Å². The molecule has 24 heavy (non-hydrogen) atoms. The van der Waals surface area contributed by atoms with Crippen LogP contribution in [0.3, 0.4) is 0 Å². The molecule has 0 atom stereocenters. The molecule has 0 spiro atoms. The second-order valence-electron chi connectivity index (χ2n) is 5.03. The summed E-state index contributed by atoms with van der Waals surface area (Å²) in [5.41, 5.74) is 1.04. The highest BCUT2D eigenvalue weighted by molar-refractivity contribution is 7.99. The van der Waals surface area contributed by atoms with E-state index in [1.165, 1.54) is 35.1 Å². The van der Waals surface area contributed by atoms with Gasteiger partial charge in [-0.25, -0.2) is 13.4 Å². The summed E-state index contributed by atoms with van der Waals surface area (Å²) in [5, 5.41) is 3.14. The molecule has 7 nitrogen and oxygen atoms in total. The van der Waals surface area contributed by atoms with Crippen LogP contribution < -0.4 is 5.32 Å². The third-order valence-corrected chi connectivity index (χ3v) is 6.26. The number of amides is 1. The van der Waals surface area contributed by atoms with E-state index in [0.717, 1.165) is 0 Å². The summed E-state index contributed by atoms with van der Waals surface area (Å²) in [6.45, 7) is 6.42. The lowest BCUT2D eigenvalue weighted by Crippen LogP contribution is -2.30. The molecule has 9 heteroatoms. The molecular weight excluding hydrogens is 350 g/mol. The molecule has 0 radical (unpaired) electrons. The number of hydrogen-bond acceptors (Lipinski definition) is 6. The number of aromatic nitrogens is 1. The summed E-state index contributed by atoms with van der Waals surface area (Å²) >= 11 is 1.36. The summed E-state index contributed by atoms with van der Waals surface area (Å²) in [6.07, 6.45) is 0. The van der Waals surface area contributed by atoms with E-state index in [2.05, 4.69) is 10.3 Å². The zero-order valence-corrected chi connectivity index (χ0v) is 15.5. The fourth-order valence-electron chi connectivity index (χ4n) is 2.19. The van der Waals surface area contributed by atoms with Gasteiger partial charge >= 0.3 is 0 Å². The minimum atomic E-state index is -3.52. The number of thioether (sulfide) groups is 1. The molecule has 0 aliphatic heterocycles. The highest BCUT2D eigenvalue weighted by atomic mass is 32.2. The van der Waals surface area contributed by atoms with Crippen LogP contribution >= 0.6 is 11.8 Å². The molecule has 0 unspecified atom stereocenters. The first-order chi connectivity index (χ1) is 11.4. The van der Waals surface area contributed by atoms with Crippen LogP contribution in [0, 0.1) is 0 Å². The van der Waals surface area contributed by atoms with Crippen molar-refractivity contribution in [3.8, 4) is 0 Å². The normalized spacial score (nSPS) is 12.0. The molecule has 0 fully saturated rings. The average molecular weight is 371 g/mol. The van der Waals surface area contributed by atoms with E-state index in [4.69, 9.17) is 4.42 Å². The van der Waals surface area contributed by atoms with E-state index in [1.54, 1.807) is 19.9 Å². The fourth-order valence-corrected chi connectivity index (χ4v) is 4.36. The molecule has 1 N–H and O–H groups in total. The zero-order valence-electron chi connectivity index (χ0n) is 13.9. The predicted octanol–water partition coefficient (Wildman–Crippen LogP) is 2.09. The Labute approximate surface area is 145 Å². The number of nitrogens with zero attached hydrogens (tertiary/aromatic N) is 2. The number of nitrogens with one attached hydrogen (secondary N) is 1. The number of hydrogen-bond donors (Lipinski definition) is 1. The first-order valence-electron chi connectivity index (χ1n) is 7.66. The summed E-state index contributed by atoms with van der Waals surface area (Å²) in [6, 6.07) is 4.69. The highest BCUT2D eigenvalue weighted by Gasteiger charge is 2.22. The van der Waals surface area contributed by atoms with Gasteiger partial charge in [-0.15, -0.1) is 0 Å². The van der Waals surface area contributed by atoms with Gasteiger partial charge in [-0.2, -0.15) is 4.31 Å². The van der Waals surface area contributed by atoms with Crippen molar-refractivity contribution in [1.82, 2.24) is 14.6 Å². The van der Waals surface area contributed by atoms with Crippen LogP contribution in [0.25, 0.3) is 11.1 Å². The lowest BCUT2D eigenvalue weighted by atomic mass is 10.3. The van der Waals surface area contributed by atoms with Gasteiger partial charge in [0.1, 0.15) is 5.52 Å². The van der Waals surface area contributed by atoms with E-state index in [9.17, 15) is 13.2 Å². The van der Waals surface area contributed by atoms with Crippen LogP contribution in [0.15, 0.2) is 32.7 Å². The van der Waals surface area contributed by atoms with Crippen LogP contribution in [0.4, 0.5) is 0 Å². The first-order valence-corrected chi connectivity index (χ1v) is 10.1. The van der Waals surface area contributed by atoms with Gasteiger partial charge in [0.15, 0.2) is 5.58 Å². The Morgan fingerprint density at radius 2 is 2.04 bits per heavy atom. The van der Waals surface area contributed by atoms with Crippen molar-refractivity contribution in [2.75, 3.05) is 25.4 Å². The molecule has 0 saturated heterocycles. The molecule has 1 heterocycles. The number of carbonyl (C=O) groups is 1. The van der Waals surface area contributed by atoms with E-state index < -0.39 is 10.0 Å². The van der Waals surface area contributed by atoms with Crippen molar-refractivity contribution in [3.63, 3.8) is 0 Å². The second-order valence-corrected chi connectivity index (χ2v) is 8.01. The Morgan fingerprint density at radius 1 is 1.33 bits per heavy atom. The molecular formula is C15H21N3O4S2. The van der Waals surface area contributed by atoms with Crippen molar-refractivity contribution in [3.05, 3.63) is 18.2 Å². The van der Waals surface area contributed by atoms with Crippen molar-refractivity contribution in [2.24, 2.45) is 0 Å². The third kappa shape index (κ3) is 4.28. The lowest BCUT2D eigenvalue weighted by molar-refractivity contribution is -0.118. The Kier molecular flexibility index (Phi) is 6.25. The Hall–Kier alpha value is -1.58. The molecule has 2 rings (SSSR count). The molecule has 2 aromatic rings. The Balaban J connectivity index is 2.18. The smallest absolute Gasteiger partial charge is 0.256 e. The predicted molar refractivity (Wildman–Crippen MR) is 93.5 cm³/mol. The molecule has 1 amide bonds. The van der Waals surface area contributed by atoms with Crippen molar-refractivity contribution < 1.29 is 17.6 Å². The van der Waals surface area contributed by atoms with Crippen LogP contribution in [0.5, 0.6) is 0 Å². The quantitative estimate of drug-likeness (QED) is 0.564. The second kappa shape index (κ2) is 8.00. The lowest BCUT2D eigenvalue weighted by Gasteiger charge is -2.18. The van der Waals surface area contributed by atoms with Gasteiger partial charge in [-0.1, -0.05) is 25.6 Å². The van der Waals surface area contributed by atoms with E-state index in [1.807, 2.05) is 0 Å². The van der Waals surface area contributed by atoms with Crippen LogP contribution in [0.1, 0.15) is 20.8 Å². The Morgan fingerprint density at radius 3 is 2.67 bits per heavy atom. The largest absolute Gasteiger partial charge is 0.431 e. The van der Waals surface area contributed by atoms with E-state index in [0.29, 0.717) is 41.7 Å². The number of fused-ring (bicyclic) bond motifs is 1. The number of benzene rings is 1. The third-order valence-electron chi connectivity index (χ3n) is 3.38. The number of sulfonamides is 1. The minimum Gasteiger partial charge on any atom is -0.431 e. The monoisotopic (exact) mass is 371 g/mol. The summed E-state index contributed by atoms with van der Waals surface area (Å²) in [7, 11) is -3.52. The van der Waals surface area contributed by atoms with Gasteiger partial charge < -0.3 is 9.73 Å². The maximum Gasteiger partial charge on any atom is 0.256 e. The SMILES string of the molecule is CCN(CC)S(=O)(=O)c1ccc2oc(SCCNC(C)=O)nc2c1. The summed E-state index contributed by atoms with van der Waals surface area (Å²) in [4.78, 5) is 15.3. The number of rotatable bonds is 8. The summed E-state index contributed by atoms with van der Waals surface area (Å²) < 4.78 is 32.1. The first kappa shape index (κ1) is 18.8. The molecule has 132 valence electrons. The average Bonchev–Trinajstić information content (AvgIpc) is 2.94. The van der Waals surface area contributed by atoms with Crippen molar-refractivity contribution >= 4 is 38.8 Å². The van der Waals surface area contributed by atoms with E-state index >= 15 is 0 Å². The molecule has 0 bridgehead atoms. The van der Waals surface area contributed by atoms with Crippen LogP contribution in [-0.4, -0.2) is 49.0 Å². The topological polar surface area (TPSA) is 92.5 Å². The summed E-state index contributed by atoms with van der Waals surface area (Å²) in [5.74, 6) is 0.538. The molecule has 0 aliphatic rings. The number of carbonyl (C=O) groups excluding carboxylic acids is 1. The van der Waals surface area contributed by atoms with Crippen LogP contribution in [-0.2, 0) is 14.8 Å². The molecule has 1 aromatic heterocycles. The molecule has 0 aliphatic carbocycles. The van der Waals surface area contributed by atoms with Gasteiger partial charge in [0, 0.05) is 32.3 Å². The zero-order chi connectivity index (χ0) is 17.7. The van der Waals surface area contributed by atoms with Crippen molar-refractivity contribution in [2.45, 2.75) is 30.9 Å².